The van der Waals surface area contributed by atoms with Crippen LogP contribution < -0.4 is 5.32 Å². The molecule has 3 aromatic carbocycles. The van der Waals surface area contributed by atoms with Crippen molar-refractivity contribution in [2.24, 2.45) is 0 Å². The summed E-state index contributed by atoms with van der Waals surface area (Å²) in [5, 5.41) is 5.31. The topological polar surface area (TPSA) is 42.0 Å². The van der Waals surface area contributed by atoms with Crippen molar-refractivity contribution in [3.05, 3.63) is 70.8 Å². The van der Waals surface area contributed by atoms with E-state index in [4.69, 9.17) is 0 Å². The number of hydrogen-bond acceptors (Lipinski definition) is 3. The Balaban J connectivity index is 1.52. The third kappa shape index (κ3) is 2.74. The standard InChI is InChI=1S/C21H13F3N2OS/c22-21(23,24)14-5-1-4-13(9-14)19(27)26-20-25-18-15-6-2-3-11-7-8-12(17(11)15)10-16(18)28-20/h1-6,9-10H,7-8H2,(H,25,26,27). The van der Waals surface area contributed by atoms with Crippen LogP contribution in [0.25, 0.3) is 21.0 Å². The molecule has 1 heterocycles. The van der Waals surface area contributed by atoms with Gasteiger partial charge < -0.3 is 0 Å². The first-order chi connectivity index (χ1) is 13.4. The number of amides is 1. The van der Waals surface area contributed by atoms with Crippen LogP contribution in [0, 0.1) is 0 Å². The van der Waals surface area contributed by atoms with Crippen LogP contribution in [0.3, 0.4) is 0 Å². The van der Waals surface area contributed by atoms with Crippen molar-refractivity contribution < 1.29 is 18.0 Å². The molecule has 3 nitrogen and oxygen atoms in total. The highest BCUT2D eigenvalue weighted by Gasteiger charge is 2.31. The zero-order valence-corrected chi connectivity index (χ0v) is 15.2. The molecule has 0 unspecified atom stereocenters. The lowest BCUT2D eigenvalue weighted by molar-refractivity contribution is -0.137. The fraction of sp³-hybridized carbons (Fsp3) is 0.143. The lowest BCUT2D eigenvalue weighted by Crippen LogP contribution is -2.13. The van der Waals surface area contributed by atoms with Crippen LogP contribution in [0.2, 0.25) is 0 Å². The SMILES string of the molecule is O=C(Nc1nc2c(cc3c4c(cccc42)CC3)s1)c1cccc(C(F)(F)F)c1. The van der Waals surface area contributed by atoms with Crippen LogP contribution in [0.5, 0.6) is 0 Å². The number of halogens is 3. The molecule has 0 radical (unpaired) electrons. The smallest absolute Gasteiger partial charge is 0.298 e. The van der Waals surface area contributed by atoms with Gasteiger partial charge >= 0.3 is 6.18 Å². The van der Waals surface area contributed by atoms with Crippen molar-refractivity contribution in [3.63, 3.8) is 0 Å². The lowest BCUT2D eigenvalue weighted by atomic mass is 10.0. The third-order valence-electron chi connectivity index (χ3n) is 5.02. The summed E-state index contributed by atoms with van der Waals surface area (Å²) in [6.45, 7) is 0. The van der Waals surface area contributed by atoms with Gasteiger partial charge in [0, 0.05) is 10.9 Å². The normalized spacial score (nSPS) is 13.4. The van der Waals surface area contributed by atoms with E-state index in [2.05, 4.69) is 22.4 Å². The highest BCUT2D eigenvalue weighted by Crippen LogP contribution is 2.39. The van der Waals surface area contributed by atoms with Gasteiger partial charge in [0.1, 0.15) is 0 Å². The first-order valence-corrected chi connectivity index (χ1v) is 9.54. The summed E-state index contributed by atoms with van der Waals surface area (Å²) in [6, 6.07) is 12.6. The number of thiazole rings is 1. The molecule has 1 amide bonds. The number of benzene rings is 3. The van der Waals surface area contributed by atoms with Crippen molar-refractivity contribution in [2.75, 3.05) is 5.32 Å². The third-order valence-corrected chi connectivity index (χ3v) is 5.94. The molecule has 4 aromatic rings. The highest BCUT2D eigenvalue weighted by molar-refractivity contribution is 7.22. The quantitative estimate of drug-likeness (QED) is 0.462. The van der Waals surface area contributed by atoms with Gasteiger partial charge in [-0.2, -0.15) is 13.2 Å². The Labute approximate surface area is 161 Å². The predicted molar refractivity (Wildman–Crippen MR) is 104 cm³/mol. The van der Waals surface area contributed by atoms with E-state index in [1.54, 1.807) is 0 Å². The molecule has 28 heavy (non-hydrogen) atoms. The number of aromatic nitrogens is 1. The van der Waals surface area contributed by atoms with Gasteiger partial charge in [-0.05, 0) is 53.6 Å². The molecular weight excluding hydrogens is 385 g/mol. The average molecular weight is 398 g/mol. The van der Waals surface area contributed by atoms with Gasteiger partial charge in [0.05, 0.1) is 15.8 Å². The molecule has 1 aliphatic carbocycles. The van der Waals surface area contributed by atoms with E-state index in [0.717, 1.165) is 40.6 Å². The monoisotopic (exact) mass is 398 g/mol. The van der Waals surface area contributed by atoms with Crippen LogP contribution >= 0.6 is 11.3 Å². The van der Waals surface area contributed by atoms with Gasteiger partial charge in [0.15, 0.2) is 5.13 Å². The molecule has 5 rings (SSSR count). The second kappa shape index (κ2) is 6.04. The Bertz CT molecular complexity index is 1260. The zero-order valence-electron chi connectivity index (χ0n) is 14.4. The molecule has 1 N–H and O–H groups in total. The van der Waals surface area contributed by atoms with Gasteiger partial charge in [-0.1, -0.05) is 35.6 Å². The fourth-order valence-electron chi connectivity index (χ4n) is 3.76. The van der Waals surface area contributed by atoms with Crippen molar-refractivity contribution in [3.8, 4) is 0 Å². The van der Waals surface area contributed by atoms with E-state index in [9.17, 15) is 18.0 Å². The Morgan fingerprint density at radius 2 is 1.82 bits per heavy atom. The van der Waals surface area contributed by atoms with Crippen LogP contribution in [0.15, 0.2) is 48.5 Å². The fourth-order valence-corrected chi connectivity index (χ4v) is 4.71. The minimum absolute atomic E-state index is 0.0527. The van der Waals surface area contributed by atoms with Gasteiger partial charge in [0.25, 0.3) is 5.91 Å². The molecular formula is C21H13F3N2OS. The summed E-state index contributed by atoms with van der Waals surface area (Å²) in [6.07, 6.45) is -2.49. The number of hydrogen-bond donors (Lipinski definition) is 1. The number of carbonyl (C=O) groups is 1. The Morgan fingerprint density at radius 1 is 1.04 bits per heavy atom. The number of alkyl halides is 3. The summed E-state index contributed by atoms with van der Waals surface area (Å²) in [4.78, 5) is 17.0. The molecule has 0 spiro atoms. The van der Waals surface area contributed by atoms with Crippen molar-refractivity contribution in [2.45, 2.75) is 19.0 Å². The van der Waals surface area contributed by atoms with Gasteiger partial charge in [-0.25, -0.2) is 4.98 Å². The van der Waals surface area contributed by atoms with E-state index in [1.807, 2.05) is 12.1 Å². The Morgan fingerprint density at radius 3 is 2.64 bits per heavy atom. The maximum Gasteiger partial charge on any atom is 0.416 e. The van der Waals surface area contributed by atoms with E-state index in [-0.39, 0.29) is 5.56 Å². The first-order valence-electron chi connectivity index (χ1n) is 8.73. The number of fused-ring (bicyclic) bond motifs is 2. The molecule has 0 atom stereocenters. The largest absolute Gasteiger partial charge is 0.416 e. The molecule has 7 heteroatoms. The summed E-state index contributed by atoms with van der Waals surface area (Å²) >= 11 is 1.33. The minimum Gasteiger partial charge on any atom is -0.298 e. The minimum atomic E-state index is -4.49. The van der Waals surface area contributed by atoms with Crippen LogP contribution in [0.4, 0.5) is 18.3 Å². The van der Waals surface area contributed by atoms with Gasteiger partial charge in [-0.3, -0.25) is 10.1 Å². The summed E-state index contributed by atoms with van der Waals surface area (Å²) in [5.41, 5.74) is 2.49. The number of carbonyl (C=O) groups excluding carboxylic acids is 1. The number of nitrogens with one attached hydrogen (secondary N) is 1. The zero-order chi connectivity index (χ0) is 19.5. The molecule has 0 bridgehead atoms. The highest BCUT2D eigenvalue weighted by atomic mass is 32.1. The molecule has 140 valence electrons. The van der Waals surface area contributed by atoms with E-state index >= 15 is 0 Å². The molecule has 0 saturated heterocycles. The van der Waals surface area contributed by atoms with Gasteiger partial charge in [-0.15, -0.1) is 0 Å². The number of aryl methyl sites for hydroxylation is 2. The van der Waals surface area contributed by atoms with E-state index in [1.165, 1.54) is 40.0 Å². The predicted octanol–water partition coefficient (Wildman–Crippen LogP) is 5.82. The Hall–Kier alpha value is -2.93. The van der Waals surface area contributed by atoms with Crippen molar-refractivity contribution >= 4 is 43.4 Å². The maximum atomic E-state index is 12.9. The van der Waals surface area contributed by atoms with Crippen molar-refractivity contribution in [1.29, 1.82) is 0 Å². The lowest BCUT2D eigenvalue weighted by Gasteiger charge is -2.08. The summed E-state index contributed by atoms with van der Waals surface area (Å²) in [5.74, 6) is -0.609. The number of rotatable bonds is 2. The second-order valence-electron chi connectivity index (χ2n) is 6.77. The summed E-state index contributed by atoms with van der Waals surface area (Å²) in [7, 11) is 0. The molecule has 1 aliphatic rings. The van der Waals surface area contributed by atoms with Crippen LogP contribution in [-0.2, 0) is 19.0 Å². The molecule has 1 aromatic heterocycles. The van der Waals surface area contributed by atoms with Crippen molar-refractivity contribution in [1.82, 2.24) is 4.98 Å². The maximum absolute atomic E-state index is 12.9. The first kappa shape index (κ1) is 17.2. The summed E-state index contributed by atoms with van der Waals surface area (Å²) < 4.78 is 39.6. The average Bonchev–Trinajstić information content (AvgIpc) is 3.26. The molecule has 0 fully saturated rings. The van der Waals surface area contributed by atoms with E-state index < -0.39 is 17.6 Å². The van der Waals surface area contributed by atoms with Gasteiger partial charge in [0.2, 0.25) is 0 Å². The molecule has 0 aliphatic heterocycles. The van der Waals surface area contributed by atoms with Crippen LogP contribution in [0.1, 0.15) is 27.0 Å². The van der Waals surface area contributed by atoms with Crippen LogP contribution in [-0.4, -0.2) is 10.9 Å². The number of anilines is 1. The molecule has 0 saturated carbocycles. The second-order valence-corrected chi connectivity index (χ2v) is 7.80. The number of nitrogens with zero attached hydrogens (tertiary/aromatic N) is 1. The van der Waals surface area contributed by atoms with E-state index in [0.29, 0.717) is 5.13 Å². The Kier molecular flexibility index (Phi) is 3.71.